The van der Waals surface area contributed by atoms with Crippen molar-refractivity contribution in [1.82, 2.24) is 5.32 Å². The van der Waals surface area contributed by atoms with E-state index < -0.39 is 0 Å². The number of thioether (sulfide) groups is 1. The first-order chi connectivity index (χ1) is 6.85. The van der Waals surface area contributed by atoms with Gasteiger partial charge in [-0.15, -0.1) is 6.58 Å². The summed E-state index contributed by atoms with van der Waals surface area (Å²) in [5, 5.41) is 3.39. The molecule has 0 aliphatic carbocycles. The Morgan fingerprint density at radius 3 is 2.71 bits per heavy atom. The zero-order valence-corrected chi connectivity index (χ0v) is 10.5. The largest absolute Gasteiger partial charge is 0.316 e. The highest BCUT2D eigenvalue weighted by molar-refractivity contribution is 7.99. The van der Waals surface area contributed by atoms with Crippen LogP contribution in [0.5, 0.6) is 0 Å². The minimum atomic E-state index is 0.712. The van der Waals surface area contributed by atoms with E-state index in [2.05, 4.69) is 25.9 Å². The van der Waals surface area contributed by atoms with E-state index >= 15 is 0 Å². The van der Waals surface area contributed by atoms with Crippen molar-refractivity contribution in [2.45, 2.75) is 45.1 Å². The summed E-state index contributed by atoms with van der Waals surface area (Å²) in [6.45, 7) is 5.96. The Bertz CT molecular complexity index is 125. The van der Waals surface area contributed by atoms with Crippen molar-refractivity contribution in [2.75, 3.05) is 18.6 Å². The maximum Gasteiger partial charge on any atom is 0.0155 e. The van der Waals surface area contributed by atoms with Crippen LogP contribution < -0.4 is 5.32 Å². The number of rotatable bonds is 10. The van der Waals surface area contributed by atoms with Crippen molar-refractivity contribution < 1.29 is 0 Å². The number of allylic oxidation sites excluding steroid dienone is 1. The quantitative estimate of drug-likeness (QED) is 0.442. The average molecular weight is 215 g/mol. The van der Waals surface area contributed by atoms with Crippen LogP contribution in [0.15, 0.2) is 12.7 Å². The maximum absolute atomic E-state index is 3.73. The highest BCUT2D eigenvalue weighted by Gasteiger charge is 2.04. The number of hydrogen-bond acceptors (Lipinski definition) is 2. The van der Waals surface area contributed by atoms with Crippen molar-refractivity contribution in [3.63, 3.8) is 0 Å². The number of unbranched alkanes of at least 4 members (excludes halogenated alkanes) is 3. The topological polar surface area (TPSA) is 12.0 Å². The zero-order valence-electron chi connectivity index (χ0n) is 9.72. The van der Waals surface area contributed by atoms with Gasteiger partial charge < -0.3 is 5.32 Å². The monoisotopic (exact) mass is 215 g/mol. The van der Waals surface area contributed by atoms with Crippen LogP contribution in [-0.2, 0) is 0 Å². The van der Waals surface area contributed by atoms with Gasteiger partial charge in [-0.1, -0.05) is 25.8 Å². The summed E-state index contributed by atoms with van der Waals surface area (Å²) in [5.74, 6) is 2.49. The van der Waals surface area contributed by atoms with Crippen molar-refractivity contribution in [1.29, 1.82) is 0 Å². The van der Waals surface area contributed by atoms with Crippen LogP contribution in [0.1, 0.15) is 39.0 Å². The van der Waals surface area contributed by atoms with Crippen molar-refractivity contribution in [3.8, 4) is 0 Å². The Morgan fingerprint density at radius 2 is 2.14 bits per heavy atom. The second kappa shape index (κ2) is 11.1. The summed E-state index contributed by atoms with van der Waals surface area (Å²) in [4.78, 5) is 0. The van der Waals surface area contributed by atoms with Crippen LogP contribution >= 0.6 is 11.8 Å². The average Bonchev–Trinajstić information content (AvgIpc) is 2.22. The molecule has 0 spiro atoms. The molecule has 0 aromatic rings. The normalized spacial score (nSPS) is 12.7. The second-order valence-corrected chi connectivity index (χ2v) is 4.89. The molecule has 1 N–H and O–H groups in total. The number of hydrogen-bond donors (Lipinski definition) is 1. The lowest BCUT2D eigenvalue weighted by molar-refractivity contribution is 0.527. The summed E-state index contributed by atoms with van der Waals surface area (Å²) in [6, 6.07) is 0.712. The van der Waals surface area contributed by atoms with Gasteiger partial charge >= 0.3 is 0 Å². The summed E-state index contributed by atoms with van der Waals surface area (Å²) in [6.07, 6.45) is 8.52. The summed E-state index contributed by atoms with van der Waals surface area (Å²) in [5.41, 5.74) is 0. The molecule has 0 saturated heterocycles. The Balaban J connectivity index is 3.28. The standard InChI is InChI=1S/C12H25NS/c1-4-6-7-8-9-10-12(13-3)11-14-5-2/h4,12-13H,1,5-11H2,2-3H3. The Labute approximate surface area is 93.7 Å². The van der Waals surface area contributed by atoms with Crippen molar-refractivity contribution in [2.24, 2.45) is 0 Å². The van der Waals surface area contributed by atoms with Gasteiger partial charge in [0.15, 0.2) is 0 Å². The maximum atomic E-state index is 3.73. The molecule has 0 heterocycles. The molecular formula is C12H25NS. The molecule has 0 fully saturated rings. The minimum absolute atomic E-state index is 0.712. The van der Waals surface area contributed by atoms with Gasteiger partial charge in [-0.3, -0.25) is 0 Å². The first kappa shape index (κ1) is 14.1. The fraction of sp³-hybridized carbons (Fsp3) is 0.833. The third-order valence-corrected chi connectivity index (χ3v) is 3.44. The van der Waals surface area contributed by atoms with Gasteiger partial charge in [0, 0.05) is 11.8 Å². The Hall–Kier alpha value is 0.0500. The summed E-state index contributed by atoms with van der Waals surface area (Å²) in [7, 11) is 2.07. The van der Waals surface area contributed by atoms with E-state index in [0.29, 0.717) is 6.04 Å². The molecule has 0 aliphatic rings. The van der Waals surface area contributed by atoms with E-state index in [4.69, 9.17) is 0 Å². The first-order valence-corrected chi connectivity index (χ1v) is 6.86. The molecule has 14 heavy (non-hydrogen) atoms. The molecule has 0 rings (SSSR count). The molecule has 0 saturated carbocycles. The van der Waals surface area contributed by atoms with Crippen molar-refractivity contribution in [3.05, 3.63) is 12.7 Å². The zero-order chi connectivity index (χ0) is 10.6. The molecule has 0 aromatic heterocycles. The van der Waals surface area contributed by atoms with Gasteiger partial charge in [0.2, 0.25) is 0 Å². The minimum Gasteiger partial charge on any atom is -0.316 e. The molecule has 0 amide bonds. The predicted molar refractivity (Wildman–Crippen MR) is 69.1 cm³/mol. The van der Waals surface area contributed by atoms with Crippen molar-refractivity contribution >= 4 is 11.8 Å². The predicted octanol–water partition coefficient (Wildman–Crippen LogP) is 3.46. The molecule has 0 aliphatic heterocycles. The molecule has 0 bridgehead atoms. The van der Waals surface area contributed by atoms with Gasteiger partial charge in [-0.05, 0) is 32.1 Å². The fourth-order valence-corrected chi connectivity index (χ4v) is 2.28. The third-order valence-electron chi connectivity index (χ3n) is 2.39. The molecule has 2 heteroatoms. The van der Waals surface area contributed by atoms with Crippen LogP contribution in [-0.4, -0.2) is 24.6 Å². The van der Waals surface area contributed by atoms with Gasteiger partial charge in [-0.2, -0.15) is 11.8 Å². The Morgan fingerprint density at radius 1 is 1.36 bits per heavy atom. The molecule has 1 unspecified atom stereocenters. The van der Waals surface area contributed by atoms with E-state index in [0.717, 1.165) is 0 Å². The lowest BCUT2D eigenvalue weighted by atomic mass is 10.1. The van der Waals surface area contributed by atoms with E-state index in [9.17, 15) is 0 Å². The highest BCUT2D eigenvalue weighted by atomic mass is 32.2. The molecular weight excluding hydrogens is 190 g/mol. The van der Waals surface area contributed by atoms with E-state index in [1.54, 1.807) is 0 Å². The highest BCUT2D eigenvalue weighted by Crippen LogP contribution is 2.10. The first-order valence-electron chi connectivity index (χ1n) is 5.71. The number of nitrogens with one attached hydrogen (secondary N) is 1. The van der Waals surface area contributed by atoms with Gasteiger partial charge in [0.25, 0.3) is 0 Å². The molecule has 1 atom stereocenters. The van der Waals surface area contributed by atoms with Crippen LogP contribution in [0.3, 0.4) is 0 Å². The van der Waals surface area contributed by atoms with Gasteiger partial charge in [0.1, 0.15) is 0 Å². The van der Waals surface area contributed by atoms with E-state index in [-0.39, 0.29) is 0 Å². The van der Waals surface area contributed by atoms with Crippen LogP contribution in [0.4, 0.5) is 0 Å². The van der Waals surface area contributed by atoms with Gasteiger partial charge in [-0.25, -0.2) is 0 Å². The molecule has 1 nitrogen and oxygen atoms in total. The molecule has 0 radical (unpaired) electrons. The second-order valence-electron chi connectivity index (χ2n) is 3.57. The summed E-state index contributed by atoms with van der Waals surface area (Å²) < 4.78 is 0. The SMILES string of the molecule is C=CCCCCCC(CSCC)NC. The Kier molecular flexibility index (Phi) is 11.2. The van der Waals surface area contributed by atoms with E-state index in [1.165, 1.54) is 43.6 Å². The fourth-order valence-electron chi connectivity index (χ4n) is 1.43. The lowest BCUT2D eigenvalue weighted by Gasteiger charge is -2.14. The van der Waals surface area contributed by atoms with Gasteiger partial charge in [0.05, 0.1) is 0 Å². The molecule has 84 valence electrons. The third kappa shape index (κ3) is 8.64. The van der Waals surface area contributed by atoms with Crippen LogP contribution in [0.2, 0.25) is 0 Å². The van der Waals surface area contributed by atoms with Crippen LogP contribution in [0, 0.1) is 0 Å². The van der Waals surface area contributed by atoms with E-state index in [1.807, 2.05) is 17.8 Å². The molecule has 0 aromatic carbocycles. The summed E-state index contributed by atoms with van der Waals surface area (Å²) >= 11 is 2.03. The lowest BCUT2D eigenvalue weighted by Crippen LogP contribution is -2.27. The van der Waals surface area contributed by atoms with Crippen LogP contribution in [0.25, 0.3) is 0 Å². The smallest absolute Gasteiger partial charge is 0.0155 e.